The molecule has 5 nitrogen and oxygen atoms in total. The summed E-state index contributed by atoms with van der Waals surface area (Å²) in [6.45, 7) is 28.1. The van der Waals surface area contributed by atoms with Gasteiger partial charge in [-0.1, -0.05) is 87.8 Å². The molecule has 5 aliphatic rings. The monoisotopic (exact) mass is 599 g/mol. The number of likely N-dealkylation sites (N-methyl/N-ethyl adjacent to an activating group) is 1. The Balaban J connectivity index is 1.51. The number of carboxylic acids is 1. The molecule has 5 heteroatoms. The van der Waals surface area contributed by atoms with E-state index in [9.17, 15) is 9.90 Å². The lowest BCUT2D eigenvalue weighted by molar-refractivity contribution is -0.252. The zero-order valence-corrected chi connectivity index (χ0v) is 29.7. The molecule has 0 unspecified atom stereocenters. The maximum absolute atomic E-state index is 13.3. The molecule has 4 fully saturated rings. The van der Waals surface area contributed by atoms with Crippen molar-refractivity contribution in [3.05, 3.63) is 11.6 Å². The first-order valence-corrected chi connectivity index (χ1v) is 17.6. The van der Waals surface area contributed by atoms with Gasteiger partial charge in [-0.15, -0.1) is 0 Å². The molecule has 0 spiro atoms. The van der Waals surface area contributed by atoms with E-state index >= 15 is 0 Å². The van der Waals surface area contributed by atoms with E-state index < -0.39 is 5.97 Å². The molecule has 0 aromatic heterocycles. The van der Waals surface area contributed by atoms with Crippen molar-refractivity contribution in [2.45, 2.75) is 127 Å². The second-order valence-electron chi connectivity index (χ2n) is 18.5. The highest BCUT2D eigenvalue weighted by atomic mass is 16.5. The lowest BCUT2D eigenvalue weighted by Gasteiger charge is -2.71. The second kappa shape index (κ2) is 10.8. The maximum Gasteiger partial charge on any atom is 0.307 e. The average molecular weight is 600 g/mol. The van der Waals surface area contributed by atoms with Crippen LogP contribution in [0.2, 0.25) is 0 Å². The van der Waals surface area contributed by atoms with Crippen molar-refractivity contribution in [2.75, 3.05) is 26.9 Å². The van der Waals surface area contributed by atoms with Crippen molar-refractivity contribution in [1.29, 1.82) is 0 Å². The molecule has 1 aliphatic heterocycles. The van der Waals surface area contributed by atoms with Crippen LogP contribution in [0.15, 0.2) is 11.6 Å². The van der Waals surface area contributed by atoms with Crippen LogP contribution in [0.3, 0.4) is 0 Å². The summed E-state index contributed by atoms with van der Waals surface area (Å²) in [4.78, 5) is 13.3. The largest absolute Gasteiger partial charge is 0.481 e. The van der Waals surface area contributed by atoms with Crippen LogP contribution in [0, 0.1) is 68.0 Å². The number of nitrogens with one attached hydrogen (secondary N) is 1. The fourth-order valence-corrected chi connectivity index (χ4v) is 12.3. The Morgan fingerprint density at radius 3 is 2.35 bits per heavy atom. The SMILES string of the molecule is CN[C@@H](CO[C@H]1[C@H](C)C[C@@]23COC[C@]1(C)[C@@H]2CC[C@H]1C3=CC[C@@]2(C)[C@H](C(=O)O)[C@@](C)([C@H](C)C(C)C)CC[C@]12C)C(C)(C)C. The number of carbonyl (C=O) groups is 1. The minimum atomic E-state index is -0.581. The molecule has 12 atom stereocenters. The van der Waals surface area contributed by atoms with Crippen LogP contribution in [-0.4, -0.2) is 50.1 Å². The molecule has 0 aromatic carbocycles. The molecule has 2 N–H and O–H groups in total. The van der Waals surface area contributed by atoms with Crippen LogP contribution < -0.4 is 5.32 Å². The summed E-state index contributed by atoms with van der Waals surface area (Å²) < 4.78 is 13.6. The van der Waals surface area contributed by atoms with E-state index in [1.165, 1.54) is 6.42 Å². The molecule has 246 valence electrons. The van der Waals surface area contributed by atoms with E-state index in [4.69, 9.17) is 9.47 Å². The Hall–Kier alpha value is -0.910. The standard InChI is InChI=1S/C38H65NO4/c1-23(2)25(4)34(8)17-18-36(10)26-13-14-28-35(9)21-42-22-38(28,27(26)15-16-37(36,11)30(34)32(40)41)19-24(3)31(35)43-20-29(39-12)33(5,6)7/h15,23-26,28-31,39H,13-14,16-22H2,1-12H3,(H,40,41)/t24-,25-,26+,28+,29+,30-,31+,34-,35-,36-,37+,38+/m1/s1. The highest BCUT2D eigenvalue weighted by Gasteiger charge is 2.71. The van der Waals surface area contributed by atoms with Crippen molar-refractivity contribution in [1.82, 2.24) is 5.32 Å². The smallest absolute Gasteiger partial charge is 0.307 e. The highest BCUT2D eigenvalue weighted by Crippen LogP contribution is 2.75. The van der Waals surface area contributed by atoms with Crippen molar-refractivity contribution in [3.8, 4) is 0 Å². The molecule has 0 radical (unpaired) electrons. The maximum atomic E-state index is 13.3. The normalized spacial score (nSPS) is 47.6. The predicted molar refractivity (Wildman–Crippen MR) is 175 cm³/mol. The predicted octanol–water partition coefficient (Wildman–Crippen LogP) is 8.23. The molecule has 0 amide bonds. The van der Waals surface area contributed by atoms with Crippen molar-refractivity contribution >= 4 is 5.97 Å². The van der Waals surface area contributed by atoms with E-state index in [0.29, 0.717) is 35.6 Å². The third kappa shape index (κ3) is 4.66. The lowest BCUT2D eigenvalue weighted by atomic mass is 9.34. The Labute approximate surface area is 263 Å². The Bertz CT molecular complexity index is 1110. The van der Waals surface area contributed by atoms with Gasteiger partial charge >= 0.3 is 5.97 Å². The van der Waals surface area contributed by atoms with Gasteiger partial charge in [-0.25, -0.2) is 0 Å². The number of ether oxygens (including phenoxy) is 2. The minimum absolute atomic E-state index is 0.0268. The molecule has 1 heterocycles. The lowest BCUT2D eigenvalue weighted by Crippen LogP contribution is -2.69. The molecule has 0 aromatic rings. The molecular formula is C38H65NO4. The van der Waals surface area contributed by atoms with E-state index in [1.54, 1.807) is 5.57 Å². The number of allylic oxidation sites excluding steroid dienone is 1. The van der Waals surface area contributed by atoms with Gasteiger partial charge in [-0.2, -0.15) is 0 Å². The third-order valence-corrected chi connectivity index (χ3v) is 15.2. The first-order valence-electron chi connectivity index (χ1n) is 17.6. The van der Waals surface area contributed by atoms with Gasteiger partial charge in [0.1, 0.15) is 0 Å². The number of hydrogen-bond donors (Lipinski definition) is 2. The van der Waals surface area contributed by atoms with Crippen LogP contribution in [0.1, 0.15) is 115 Å². The Morgan fingerprint density at radius 1 is 1.09 bits per heavy atom. The second-order valence-corrected chi connectivity index (χ2v) is 18.5. The van der Waals surface area contributed by atoms with Crippen LogP contribution in [0.4, 0.5) is 0 Å². The van der Waals surface area contributed by atoms with Crippen molar-refractivity contribution in [2.24, 2.45) is 68.0 Å². The summed E-state index contributed by atoms with van der Waals surface area (Å²) in [5, 5.41) is 14.5. The number of fused-ring (bicyclic) bond motifs is 3. The van der Waals surface area contributed by atoms with Gasteiger partial charge in [-0.05, 0) is 96.8 Å². The summed E-state index contributed by atoms with van der Waals surface area (Å²) in [5.41, 5.74) is 1.26. The van der Waals surface area contributed by atoms with Gasteiger partial charge in [0.2, 0.25) is 0 Å². The summed E-state index contributed by atoms with van der Waals surface area (Å²) in [6.07, 6.45) is 9.17. The molecule has 43 heavy (non-hydrogen) atoms. The van der Waals surface area contributed by atoms with Crippen LogP contribution in [0.5, 0.6) is 0 Å². The summed E-state index contributed by atoms with van der Waals surface area (Å²) in [5.74, 6) is 1.30. The quantitative estimate of drug-likeness (QED) is 0.289. The summed E-state index contributed by atoms with van der Waals surface area (Å²) in [6, 6.07) is 0.298. The molecule has 5 rings (SSSR count). The Morgan fingerprint density at radius 2 is 1.77 bits per heavy atom. The van der Waals surface area contributed by atoms with Gasteiger partial charge in [0.15, 0.2) is 0 Å². The summed E-state index contributed by atoms with van der Waals surface area (Å²) >= 11 is 0. The topological polar surface area (TPSA) is 67.8 Å². The molecule has 3 saturated carbocycles. The molecule has 2 bridgehead atoms. The van der Waals surface area contributed by atoms with Crippen molar-refractivity contribution < 1.29 is 19.4 Å². The number of aliphatic carboxylic acids is 1. The van der Waals surface area contributed by atoms with Crippen LogP contribution in [0.25, 0.3) is 0 Å². The number of rotatable bonds is 7. The van der Waals surface area contributed by atoms with Crippen LogP contribution in [-0.2, 0) is 14.3 Å². The first kappa shape index (κ1) is 33.5. The van der Waals surface area contributed by atoms with Crippen LogP contribution >= 0.6 is 0 Å². The van der Waals surface area contributed by atoms with E-state index in [2.05, 4.69) is 94.6 Å². The van der Waals surface area contributed by atoms with E-state index in [1.807, 2.05) is 0 Å². The minimum Gasteiger partial charge on any atom is -0.481 e. The van der Waals surface area contributed by atoms with Gasteiger partial charge in [-0.3, -0.25) is 4.79 Å². The Kier molecular flexibility index (Phi) is 8.43. The van der Waals surface area contributed by atoms with Gasteiger partial charge < -0.3 is 19.9 Å². The van der Waals surface area contributed by atoms with Gasteiger partial charge in [0, 0.05) is 16.9 Å². The molecular weight excluding hydrogens is 534 g/mol. The zero-order chi connectivity index (χ0) is 32.0. The fourth-order valence-electron chi connectivity index (χ4n) is 12.3. The fraction of sp³-hybridized carbons (Fsp3) is 0.921. The summed E-state index contributed by atoms with van der Waals surface area (Å²) in [7, 11) is 2.05. The number of hydrogen-bond acceptors (Lipinski definition) is 4. The average Bonchev–Trinajstić information content (AvgIpc) is 2.89. The zero-order valence-electron chi connectivity index (χ0n) is 29.7. The molecule has 4 aliphatic carbocycles. The third-order valence-electron chi connectivity index (χ3n) is 15.2. The number of carboxylic acid groups (broad SMARTS) is 1. The van der Waals surface area contributed by atoms with Gasteiger partial charge in [0.05, 0.1) is 31.8 Å². The first-order chi connectivity index (χ1) is 19.8. The van der Waals surface area contributed by atoms with Gasteiger partial charge in [0.25, 0.3) is 0 Å². The van der Waals surface area contributed by atoms with Crippen molar-refractivity contribution in [3.63, 3.8) is 0 Å². The molecule has 1 saturated heterocycles. The van der Waals surface area contributed by atoms with E-state index in [0.717, 1.165) is 51.9 Å². The highest BCUT2D eigenvalue weighted by molar-refractivity contribution is 5.73. The van der Waals surface area contributed by atoms with E-state index in [-0.39, 0.29) is 44.5 Å².